The van der Waals surface area contributed by atoms with E-state index in [0.717, 1.165) is 34.4 Å². The molecule has 2 aromatic carbocycles. The molecule has 2 aliphatic rings. The molecule has 232 valence electrons. The number of benzene rings is 2. The average molecular weight is 626 g/mol. The van der Waals surface area contributed by atoms with Crippen molar-refractivity contribution < 1.29 is 37.0 Å². The molecule has 2 saturated heterocycles. The first-order valence-electron chi connectivity index (χ1n) is 14.1. The Bertz CT molecular complexity index is 1580. The second kappa shape index (κ2) is 13.4. The first-order chi connectivity index (χ1) is 21.1. The number of piperazine rings is 1. The minimum absolute atomic E-state index is 0.0790. The highest BCUT2D eigenvalue weighted by molar-refractivity contribution is 7.89. The van der Waals surface area contributed by atoms with Crippen LogP contribution in [0.2, 0.25) is 0 Å². The number of pyridine rings is 1. The normalized spacial score (nSPS) is 18.1. The van der Waals surface area contributed by atoms with Crippen LogP contribution in [-0.4, -0.2) is 90.5 Å². The molecule has 14 heteroatoms. The summed E-state index contributed by atoms with van der Waals surface area (Å²) in [4.78, 5) is 45.7. The maximum Gasteiger partial charge on any atom is 0.415 e. The van der Waals surface area contributed by atoms with E-state index >= 15 is 0 Å². The molecule has 0 unspecified atom stereocenters. The van der Waals surface area contributed by atoms with Crippen molar-refractivity contribution in [3.05, 3.63) is 84.3 Å². The van der Waals surface area contributed by atoms with E-state index in [4.69, 9.17) is 4.74 Å². The van der Waals surface area contributed by atoms with Crippen LogP contribution in [0.1, 0.15) is 18.4 Å². The highest BCUT2D eigenvalue weighted by Crippen LogP contribution is 2.27. The number of sulfonamides is 1. The number of aromatic nitrogens is 1. The minimum Gasteiger partial charge on any atom is -0.480 e. The number of carbonyl (C=O) groups is 3. The summed E-state index contributed by atoms with van der Waals surface area (Å²) >= 11 is 0. The fraction of sp³-hybridized carbons (Fsp3) is 0.333. The summed E-state index contributed by atoms with van der Waals surface area (Å²) in [5, 5.41) is 12.3. The molecule has 0 bridgehead atoms. The topological polar surface area (TPSA) is 149 Å². The van der Waals surface area contributed by atoms with E-state index in [1.165, 1.54) is 0 Å². The second-order valence-electron chi connectivity index (χ2n) is 10.5. The number of ether oxygens (including phenoxy) is 1. The van der Waals surface area contributed by atoms with Crippen LogP contribution in [0.4, 0.5) is 15.0 Å². The van der Waals surface area contributed by atoms with Crippen molar-refractivity contribution in [2.75, 3.05) is 37.6 Å². The molecule has 2 N–H and O–H groups in total. The number of anilines is 1. The molecular weight excluding hydrogens is 593 g/mol. The van der Waals surface area contributed by atoms with E-state index in [2.05, 4.69) is 15.2 Å². The van der Waals surface area contributed by atoms with Gasteiger partial charge in [-0.2, -0.15) is 4.31 Å². The number of hydrogen-bond donors (Lipinski definition) is 2. The Hall–Kier alpha value is -4.56. The van der Waals surface area contributed by atoms with Crippen LogP contribution in [0, 0.1) is 5.82 Å². The smallest absolute Gasteiger partial charge is 0.415 e. The third kappa shape index (κ3) is 7.14. The van der Waals surface area contributed by atoms with Gasteiger partial charge < -0.3 is 25.0 Å². The van der Waals surface area contributed by atoms with Crippen LogP contribution >= 0.6 is 0 Å². The Morgan fingerprint density at radius 1 is 0.977 bits per heavy atom. The van der Waals surface area contributed by atoms with Gasteiger partial charge in [0.1, 0.15) is 29.5 Å². The standard InChI is InChI=1S/C30H32FN5O7S/c31-22-8-12-24(13-9-22)44(41,42)36-15-3-4-26(36)28(37)33-25(29(38)39)20-21-6-10-23(11-7-21)43-30(40)35-18-16-34(17-19-35)27-5-1-2-14-32-27/h1-2,5-14,25-26H,3-4,15-20H2,(H,33,37)(H,38,39)/t25-,26-/m0/s1. The molecule has 44 heavy (non-hydrogen) atoms. The number of carbonyl (C=O) groups excluding carboxylic acids is 2. The quantitative estimate of drug-likeness (QED) is 0.366. The Balaban J connectivity index is 1.15. The zero-order chi connectivity index (χ0) is 31.3. The lowest BCUT2D eigenvalue weighted by Crippen LogP contribution is -2.51. The number of aliphatic carboxylic acids is 1. The number of halogens is 1. The summed E-state index contributed by atoms with van der Waals surface area (Å²) in [5.74, 6) is -1.47. The molecular formula is C30H32FN5O7S. The van der Waals surface area contributed by atoms with Crippen molar-refractivity contribution in [3.8, 4) is 5.75 Å². The van der Waals surface area contributed by atoms with Crippen molar-refractivity contribution in [1.82, 2.24) is 19.5 Å². The van der Waals surface area contributed by atoms with Gasteiger partial charge in [0.25, 0.3) is 0 Å². The van der Waals surface area contributed by atoms with Gasteiger partial charge in [-0.1, -0.05) is 18.2 Å². The zero-order valence-corrected chi connectivity index (χ0v) is 24.5. The summed E-state index contributed by atoms with van der Waals surface area (Å²) in [6, 6.07) is 13.8. The van der Waals surface area contributed by atoms with Gasteiger partial charge in [0, 0.05) is 45.3 Å². The fourth-order valence-corrected chi connectivity index (χ4v) is 6.91. The van der Waals surface area contributed by atoms with E-state index in [0.29, 0.717) is 38.2 Å². The van der Waals surface area contributed by atoms with Crippen molar-refractivity contribution in [3.63, 3.8) is 0 Å². The summed E-state index contributed by atoms with van der Waals surface area (Å²) < 4.78 is 46.1. The number of nitrogens with one attached hydrogen (secondary N) is 1. The Morgan fingerprint density at radius 3 is 2.32 bits per heavy atom. The van der Waals surface area contributed by atoms with Crippen molar-refractivity contribution >= 4 is 33.8 Å². The van der Waals surface area contributed by atoms with E-state index in [-0.39, 0.29) is 30.0 Å². The summed E-state index contributed by atoms with van der Waals surface area (Å²) in [7, 11) is -4.09. The lowest BCUT2D eigenvalue weighted by atomic mass is 10.1. The SMILES string of the molecule is O=C(O)[C@H](Cc1ccc(OC(=O)N2CCN(c3ccccn3)CC2)cc1)NC(=O)[C@@H]1CCCN1S(=O)(=O)c1ccc(F)cc1. The molecule has 5 rings (SSSR count). The van der Waals surface area contributed by atoms with Crippen molar-refractivity contribution in [2.24, 2.45) is 0 Å². The number of nitrogens with zero attached hydrogens (tertiary/aromatic N) is 4. The van der Waals surface area contributed by atoms with E-state index in [1.807, 2.05) is 18.2 Å². The molecule has 2 aliphatic heterocycles. The molecule has 2 amide bonds. The molecule has 3 heterocycles. The van der Waals surface area contributed by atoms with Gasteiger partial charge in [0.15, 0.2) is 0 Å². The van der Waals surface area contributed by atoms with Crippen LogP contribution in [0.25, 0.3) is 0 Å². The molecule has 2 fully saturated rings. The summed E-state index contributed by atoms with van der Waals surface area (Å²) in [6.45, 7) is 2.25. The maximum atomic E-state index is 13.3. The highest BCUT2D eigenvalue weighted by atomic mass is 32.2. The fourth-order valence-electron chi connectivity index (χ4n) is 5.25. The first kappa shape index (κ1) is 30.9. The molecule has 1 aromatic heterocycles. The third-order valence-corrected chi connectivity index (χ3v) is 9.54. The zero-order valence-electron chi connectivity index (χ0n) is 23.7. The van der Waals surface area contributed by atoms with Crippen LogP contribution in [-0.2, 0) is 26.0 Å². The largest absolute Gasteiger partial charge is 0.480 e. The predicted octanol–water partition coefficient (Wildman–Crippen LogP) is 2.51. The van der Waals surface area contributed by atoms with E-state index in [9.17, 15) is 32.3 Å². The van der Waals surface area contributed by atoms with Gasteiger partial charge in [0.05, 0.1) is 4.90 Å². The number of amides is 2. The molecule has 0 spiro atoms. The van der Waals surface area contributed by atoms with Gasteiger partial charge >= 0.3 is 12.1 Å². The molecule has 0 radical (unpaired) electrons. The van der Waals surface area contributed by atoms with E-state index in [1.54, 1.807) is 35.4 Å². The monoisotopic (exact) mass is 625 g/mol. The third-order valence-electron chi connectivity index (χ3n) is 7.62. The van der Waals surface area contributed by atoms with Crippen LogP contribution in [0.5, 0.6) is 5.75 Å². The number of carboxylic acids is 1. The highest BCUT2D eigenvalue weighted by Gasteiger charge is 2.40. The Kier molecular flexibility index (Phi) is 9.40. The maximum absolute atomic E-state index is 13.3. The molecule has 0 saturated carbocycles. The number of rotatable bonds is 9. The van der Waals surface area contributed by atoms with Gasteiger partial charge in [-0.15, -0.1) is 0 Å². The average Bonchev–Trinajstić information content (AvgIpc) is 3.54. The first-order valence-corrected chi connectivity index (χ1v) is 15.6. The van der Waals surface area contributed by atoms with Crippen molar-refractivity contribution in [2.45, 2.75) is 36.2 Å². The van der Waals surface area contributed by atoms with Gasteiger partial charge in [-0.3, -0.25) is 4.79 Å². The minimum atomic E-state index is -4.09. The van der Waals surface area contributed by atoms with Gasteiger partial charge in [-0.05, 0) is 66.9 Å². The predicted molar refractivity (Wildman–Crippen MR) is 157 cm³/mol. The van der Waals surface area contributed by atoms with Gasteiger partial charge in [-0.25, -0.2) is 27.4 Å². The lowest BCUT2D eigenvalue weighted by molar-refractivity contribution is -0.142. The molecule has 0 aliphatic carbocycles. The van der Waals surface area contributed by atoms with Crippen molar-refractivity contribution in [1.29, 1.82) is 0 Å². The Morgan fingerprint density at radius 2 is 1.68 bits per heavy atom. The lowest BCUT2D eigenvalue weighted by Gasteiger charge is -2.34. The number of carboxylic acid groups (broad SMARTS) is 1. The van der Waals surface area contributed by atoms with Gasteiger partial charge in [0.2, 0.25) is 15.9 Å². The molecule has 12 nitrogen and oxygen atoms in total. The van der Waals surface area contributed by atoms with E-state index < -0.39 is 45.9 Å². The molecule has 2 atom stereocenters. The van der Waals surface area contributed by atoms with Crippen LogP contribution in [0.15, 0.2) is 77.8 Å². The Labute approximate surface area is 254 Å². The summed E-state index contributed by atoms with van der Waals surface area (Å²) in [6.07, 6.45) is 1.78. The number of hydrogen-bond acceptors (Lipinski definition) is 8. The second-order valence-corrected chi connectivity index (χ2v) is 12.4. The summed E-state index contributed by atoms with van der Waals surface area (Å²) in [5.41, 5.74) is 0.559. The van der Waals surface area contributed by atoms with Crippen LogP contribution in [0.3, 0.4) is 0 Å². The molecule has 3 aromatic rings. The van der Waals surface area contributed by atoms with Crippen LogP contribution < -0.4 is 15.0 Å².